The first-order valence-electron chi connectivity index (χ1n) is 9.74. The molecule has 1 N–H and O–H groups in total. The molecule has 2 heterocycles. The van der Waals surface area contributed by atoms with Crippen LogP contribution in [0.1, 0.15) is 30.6 Å². The standard InChI is InChI=1S/C20H26N4O3S3/c1-4-8-28-20-23-22-19(29-20)21-11-18(25)16-6-5-7-17(10-16)30(26,27)24-12-14(2)9-15(3)13-24/h4-7,10,14-15H,1,8-9,11-13H2,2-3H3,(H,21,22). The molecular formula is C20H26N4O3S3. The maximum absolute atomic E-state index is 13.1. The number of anilines is 1. The van der Waals surface area contributed by atoms with E-state index in [1.165, 1.54) is 33.5 Å². The Labute approximate surface area is 186 Å². The first kappa shape index (κ1) is 22.9. The summed E-state index contributed by atoms with van der Waals surface area (Å²) >= 11 is 2.88. The lowest BCUT2D eigenvalue weighted by atomic mass is 9.94. The van der Waals surface area contributed by atoms with Crippen molar-refractivity contribution in [3.63, 3.8) is 0 Å². The van der Waals surface area contributed by atoms with Gasteiger partial charge in [0, 0.05) is 24.4 Å². The number of ketones is 1. The minimum Gasteiger partial charge on any atom is -0.353 e. The third-order valence-corrected chi connectivity index (χ3v) is 8.60. The summed E-state index contributed by atoms with van der Waals surface area (Å²) in [5, 5.41) is 11.6. The van der Waals surface area contributed by atoms with Crippen LogP contribution in [0.2, 0.25) is 0 Å². The number of piperidine rings is 1. The van der Waals surface area contributed by atoms with Gasteiger partial charge in [0.2, 0.25) is 15.2 Å². The van der Waals surface area contributed by atoms with Gasteiger partial charge in [-0.2, -0.15) is 4.31 Å². The molecule has 162 valence electrons. The molecule has 1 aliphatic rings. The molecule has 3 rings (SSSR count). The highest BCUT2D eigenvalue weighted by Crippen LogP contribution is 2.27. The number of aromatic nitrogens is 2. The van der Waals surface area contributed by atoms with E-state index >= 15 is 0 Å². The molecule has 0 bridgehead atoms. The molecule has 2 aromatic rings. The maximum Gasteiger partial charge on any atom is 0.243 e. The summed E-state index contributed by atoms with van der Waals surface area (Å²) in [4.78, 5) is 12.8. The molecule has 7 nitrogen and oxygen atoms in total. The molecular weight excluding hydrogens is 440 g/mol. The van der Waals surface area contributed by atoms with E-state index in [0.717, 1.165) is 16.5 Å². The molecule has 0 aliphatic carbocycles. The van der Waals surface area contributed by atoms with Crippen molar-refractivity contribution in [3.8, 4) is 0 Å². The van der Waals surface area contributed by atoms with Crippen LogP contribution in [0.5, 0.6) is 0 Å². The predicted molar refractivity (Wildman–Crippen MR) is 122 cm³/mol. The fourth-order valence-corrected chi connectivity index (χ4v) is 6.74. The van der Waals surface area contributed by atoms with E-state index in [9.17, 15) is 13.2 Å². The van der Waals surface area contributed by atoms with Crippen molar-refractivity contribution in [1.82, 2.24) is 14.5 Å². The lowest BCUT2D eigenvalue weighted by Gasteiger charge is -2.34. The number of sulfonamides is 1. The molecule has 0 saturated carbocycles. The van der Waals surface area contributed by atoms with E-state index in [1.54, 1.807) is 24.3 Å². The average Bonchev–Trinajstić information content (AvgIpc) is 3.17. The number of nitrogens with zero attached hydrogens (tertiary/aromatic N) is 3. The van der Waals surface area contributed by atoms with E-state index in [-0.39, 0.29) is 17.2 Å². The molecule has 1 aromatic carbocycles. The fraction of sp³-hybridized carbons (Fsp3) is 0.450. The predicted octanol–water partition coefficient (Wildman–Crippen LogP) is 3.78. The number of benzene rings is 1. The van der Waals surface area contributed by atoms with Crippen molar-refractivity contribution in [3.05, 3.63) is 42.5 Å². The van der Waals surface area contributed by atoms with Gasteiger partial charge in [-0.1, -0.05) is 55.2 Å². The summed E-state index contributed by atoms with van der Waals surface area (Å²) in [5.41, 5.74) is 0.354. The van der Waals surface area contributed by atoms with E-state index in [0.29, 0.717) is 35.6 Å². The molecule has 2 atom stereocenters. The summed E-state index contributed by atoms with van der Waals surface area (Å²) in [5.74, 6) is 1.17. The number of Topliss-reactive ketones (excluding diaryl/α,β-unsaturated/α-hetero) is 1. The van der Waals surface area contributed by atoms with Gasteiger partial charge in [-0.25, -0.2) is 8.42 Å². The summed E-state index contributed by atoms with van der Waals surface area (Å²) in [6.07, 6.45) is 2.81. The van der Waals surface area contributed by atoms with Gasteiger partial charge in [0.1, 0.15) is 0 Å². The summed E-state index contributed by atoms with van der Waals surface area (Å²) in [6, 6.07) is 6.27. The minimum atomic E-state index is -3.63. The zero-order valence-corrected chi connectivity index (χ0v) is 19.5. The van der Waals surface area contributed by atoms with Crippen LogP contribution in [-0.2, 0) is 10.0 Å². The molecule has 0 spiro atoms. The molecule has 1 aliphatic heterocycles. The summed E-state index contributed by atoms with van der Waals surface area (Å²) in [6.45, 7) is 8.84. The van der Waals surface area contributed by atoms with Crippen molar-refractivity contribution < 1.29 is 13.2 Å². The second kappa shape index (κ2) is 10.0. The van der Waals surface area contributed by atoms with Crippen molar-refractivity contribution in [2.75, 3.05) is 30.7 Å². The van der Waals surface area contributed by atoms with Crippen LogP contribution in [0.3, 0.4) is 0 Å². The molecule has 2 unspecified atom stereocenters. The molecule has 1 saturated heterocycles. The van der Waals surface area contributed by atoms with Gasteiger partial charge in [-0.3, -0.25) is 4.79 Å². The van der Waals surface area contributed by atoms with Gasteiger partial charge in [-0.15, -0.1) is 16.8 Å². The second-order valence-corrected chi connectivity index (χ2v) is 11.7. The summed E-state index contributed by atoms with van der Waals surface area (Å²) in [7, 11) is -3.63. The summed E-state index contributed by atoms with van der Waals surface area (Å²) < 4.78 is 28.5. The molecule has 0 amide bonds. The van der Waals surface area contributed by atoms with Crippen molar-refractivity contribution in [1.29, 1.82) is 0 Å². The van der Waals surface area contributed by atoms with Crippen LogP contribution in [0.15, 0.2) is 46.2 Å². The van der Waals surface area contributed by atoms with Crippen LogP contribution in [0.25, 0.3) is 0 Å². The lowest BCUT2D eigenvalue weighted by Crippen LogP contribution is -2.42. The second-order valence-electron chi connectivity index (χ2n) is 7.55. The topological polar surface area (TPSA) is 92.3 Å². The van der Waals surface area contributed by atoms with Gasteiger partial charge in [0.25, 0.3) is 0 Å². The lowest BCUT2D eigenvalue weighted by molar-refractivity contribution is 0.101. The Balaban J connectivity index is 1.67. The van der Waals surface area contributed by atoms with Crippen molar-refractivity contribution >= 4 is 44.0 Å². The smallest absolute Gasteiger partial charge is 0.243 e. The first-order valence-corrected chi connectivity index (χ1v) is 13.0. The Morgan fingerprint density at radius 3 is 2.77 bits per heavy atom. The maximum atomic E-state index is 13.1. The van der Waals surface area contributed by atoms with Crippen LogP contribution >= 0.6 is 23.1 Å². The largest absolute Gasteiger partial charge is 0.353 e. The van der Waals surface area contributed by atoms with Crippen LogP contribution in [0.4, 0.5) is 5.13 Å². The number of hydrogen-bond donors (Lipinski definition) is 1. The van der Waals surface area contributed by atoms with Gasteiger partial charge in [0.15, 0.2) is 10.1 Å². The number of rotatable bonds is 9. The number of carbonyl (C=O) groups is 1. The molecule has 1 aromatic heterocycles. The number of thioether (sulfide) groups is 1. The molecule has 10 heteroatoms. The van der Waals surface area contributed by atoms with E-state index < -0.39 is 10.0 Å². The average molecular weight is 467 g/mol. The Kier molecular flexibility index (Phi) is 7.67. The highest BCUT2D eigenvalue weighted by atomic mass is 32.2. The Hall–Kier alpha value is -1.75. The quantitative estimate of drug-likeness (QED) is 0.342. The monoisotopic (exact) mass is 466 g/mol. The SMILES string of the molecule is C=CCSc1nnc(NCC(=O)c2cccc(S(=O)(=O)N3CC(C)CC(C)C3)c2)s1. The van der Waals surface area contributed by atoms with Gasteiger partial charge < -0.3 is 5.32 Å². The molecule has 1 fully saturated rings. The van der Waals surface area contributed by atoms with E-state index in [2.05, 4.69) is 35.9 Å². The molecule has 30 heavy (non-hydrogen) atoms. The van der Waals surface area contributed by atoms with E-state index in [4.69, 9.17) is 0 Å². The highest BCUT2D eigenvalue weighted by molar-refractivity contribution is 8.01. The normalized spacial score (nSPS) is 20.1. The Morgan fingerprint density at radius 1 is 1.33 bits per heavy atom. The van der Waals surface area contributed by atoms with Gasteiger partial charge >= 0.3 is 0 Å². The van der Waals surface area contributed by atoms with Crippen molar-refractivity contribution in [2.24, 2.45) is 11.8 Å². The van der Waals surface area contributed by atoms with Crippen LogP contribution in [0, 0.1) is 11.8 Å². The molecule has 0 radical (unpaired) electrons. The van der Waals surface area contributed by atoms with Crippen LogP contribution in [-0.4, -0.2) is 54.1 Å². The number of hydrogen-bond acceptors (Lipinski definition) is 8. The van der Waals surface area contributed by atoms with Gasteiger partial charge in [-0.05, 0) is 30.4 Å². The zero-order valence-electron chi connectivity index (χ0n) is 17.1. The van der Waals surface area contributed by atoms with Crippen LogP contribution < -0.4 is 5.32 Å². The minimum absolute atomic E-state index is 0.0159. The highest BCUT2D eigenvalue weighted by Gasteiger charge is 2.31. The number of nitrogens with one attached hydrogen (secondary N) is 1. The first-order chi connectivity index (χ1) is 14.3. The van der Waals surface area contributed by atoms with Gasteiger partial charge in [0.05, 0.1) is 11.4 Å². The van der Waals surface area contributed by atoms with E-state index in [1.807, 2.05) is 0 Å². The Morgan fingerprint density at radius 2 is 2.07 bits per heavy atom. The third-order valence-electron chi connectivity index (χ3n) is 4.76. The Bertz CT molecular complexity index is 996. The van der Waals surface area contributed by atoms with Crippen molar-refractivity contribution in [2.45, 2.75) is 29.5 Å². The fourth-order valence-electron chi connectivity index (χ4n) is 3.51. The number of carbonyl (C=O) groups excluding carboxylic acids is 1. The third kappa shape index (κ3) is 5.69. The zero-order chi connectivity index (χ0) is 21.7.